The number of piperidine rings is 1. The van der Waals surface area contributed by atoms with Gasteiger partial charge in [-0.3, -0.25) is 9.59 Å². The first-order valence-corrected chi connectivity index (χ1v) is 7.02. The highest BCUT2D eigenvalue weighted by Crippen LogP contribution is 2.28. The molecule has 1 fully saturated rings. The molecule has 5 nitrogen and oxygen atoms in total. The highest BCUT2D eigenvalue weighted by Gasteiger charge is 2.32. The van der Waals surface area contributed by atoms with Crippen molar-refractivity contribution in [2.24, 2.45) is 11.8 Å². The number of hydrogen-bond donors (Lipinski definition) is 1. The molecule has 1 amide bonds. The Balaban J connectivity index is 2.07. The minimum atomic E-state index is -0.815. The lowest BCUT2D eigenvalue weighted by atomic mass is 9.84. The van der Waals surface area contributed by atoms with Crippen molar-refractivity contribution in [1.82, 2.24) is 4.90 Å². The lowest BCUT2D eigenvalue weighted by Crippen LogP contribution is -2.43. The smallest absolute Gasteiger partial charge is 0.303 e. The van der Waals surface area contributed by atoms with Crippen LogP contribution in [0.3, 0.4) is 0 Å². The summed E-state index contributed by atoms with van der Waals surface area (Å²) in [7, 11) is 0. The molecule has 1 aromatic rings. The minimum Gasteiger partial charge on any atom is -0.481 e. The zero-order valence-corrected chi connectivity index (χ0v) is 12.2. The van der Waals surface area contributed by atoms with Crippen LogP contribution in [-0.2, 0) is 4.79 Å². The molecule has 1 aromatic heterocycles. The van der Waals surface area contributed by atoms with Crippen LogP contribution in [0, 0.1) is 11.8 Å². The van der Waals surface area contributed by atoms with E-state index in [-0.39, 0.29) is 24.0 Å². The van der Waals surface area contributed by atoms with Gasteiger partial charge in [-0.1, -0.05) is 6.92 Å². The van der Waals surface area contributed by atoms with E-state index in [4.69, 9.17) is 9.52 Å². The number of carbonyl (C=O) groups is 2. The Morgan fingerprint density at radius 1 is 1.58 bits per heavy atom. The number of hydrogen-bond acceptors (Lipinski definition) is 3. The summed E-state index contributed by atoms with van der Waals surface area (Å²) in [4.78, 5) is 24.8. The molecular formula is C13H16BrNO4. The zero-order chi connectivity index (χ0) is 14.0. The van der Waals surface area contributed by atoms with E-state index >= 15 is 0 Å². The maximum absolute atomic E-state index is 12.3. The maximum atomic E-state index is 12.3. The maximum Gasteiger partial charge on any atom is 0.303 e. The molecule has 1 saturated heterocycles. The van der Waals surface area contributed by atoms with Gasteiger partial charge in [-0.25, -0.2) is 0 Å². The van der Waals surface area contributed by atoms with E-state index in [0.717, 1.165) is 6.42 Å². The number of halogens is 1. The summed E-state index contributed by atoms with van der Waals surface area (Å²) < 4.78 is 5.80. The van der Waals surface area contributed by atoms with E-state index in [2.05, 4.69) is 15.9 Å². The standard InChI is InChI=1S/C13H16BrNO4/c1-8-2-4-15(7-9(8)6-11(16)17)13(18)12-10(14)3-5-19-12/h3,5,8-9H,2,4,6-7H2,1H3,(H,16,17). The van der Waals surface area contributed by atoms with Crippen molar-refractivity contribution in [3.63, 3.8) is 0 Å². The fourth-order valence-electron chi connectivity index (χ4n) is 2.41. The molecular weight excluding hydrogens is 314 g/mol. The van der Waals surface area contributed by atoms with Gasteiger partial charge in [0.2, 0.25) is 5.76 Å². The molecule has 2 atom stereocenters. The SMILES string of the molecule is CC1CCN(C(=O)c2occc2Br)CC1CC(=O)O. The predicted molar refractivity (Wildman–Crippen MR) is 71.8 cm³/mol. The van der Waals surface area contributed by atoms with Crippen LogP contribution in [-0.4, -0.2) is 35.0 Å². The van der Waals surface area contributed by atoms with E-state index in [1.165, 1.54) is 6.26 Å². The summed E-state index contributed by atoms with van der Waals surface area (Å²) in [6.45, 7) is 3.15. The molecule has 0 aromatic carbocycles. The average Bonchev–Trinajstić information content (AvgIpc) is 2.77. The van der Waals surface area contributed by atoms with Gasteiger partial charge in [0.05, 0.1) is 17.2 Å². The van der Waals surface area contributed by atoms with Crippen LogP contribution in [0.4, 0.5) is 0 Å². The number of carbonyl (C=O) groups excluding carboxylic acids is 1. The number of carboxylic acid groups (broad SMARTS) is 1. The molecule has 0 radical (unpaired) electrons. The van der Waals surface area contributed by atoms with Gasteiger partial charge in [0, 0.05) is 13.1 Å². The first-order chi connectivity index (χ1) is 8.99. The predicted octanol–water partition coefficient (Wildman–Crippen LogP) is 2.62. The molecule has 1 aliphatic rings. The summed E-state index contributed by atoms with van der Waals surface area (Å²) in [6, 6.07) is 1.68. The average molecular weight is 330 g/mol. The second-order valence-corrected chi connectivity index (χ2v) is 5.83. The molecule has 0 bridgehead atoms. The highest BCUT2D eigenvalue weighted by molar-refractivity contribution is 9.10. The molecule has 2 rings (SSSR count). The van der Waals surface area contributed by atoms with E-state index in [0.29, 0.717) is 23.5 Å². The monoisotopic (exact) mass is 329 g/mol. The van der Waals surface area contributed by atoms with Gasteiger partial charge in [0.1, 0.15) is 0 Å². The van der Waals surface area contributed by atoms with E-state index < -0.39 is 5.97 Å². The second kappa shape index (κ2) is 5.77. The van der Waals surface area contributed by atoms with Gasteiger partial charge >= 0.3 is 5.97 Å². The van der Waals surface area contributed by atoms with Crippen LogP contribution in [0.25, 0.3) is 0 Å². The largest absolute Gasteiger partial charge is 0.481 e. The molecule has 19 heavy (non-hydrogen) atoms. The quantitative estimate of drug-likeness (QED) is 0.925. The number of likely N-dealkylation sites (tertiary alicyclic amines) is 1. The summed E-state index contributed by atoms with van der Waals surface area (Å²) >= 11 is 3.27. The Bertz CT molecular complexity index is 485. The second-order valence-electron chi connectivity index (χ2n) is 4.97. The number of carboxylic acids is 1. The molecule has 1 aliphatic heterocycles. The van der Waals surface area contributed by atoms with Gasteiger partial charge in [0.15, 0.2) is 0 Å². The van der Waals surface area contributed by atoms with E-state index in [9.17, 15) is 9.59 Å². The first kappa shape index (κ1) is 14.1. The van der Waals surface area contributed by atoms with Gasteiger partial charge in [-0.05, 0) is 40.3 Å². The van der Waals surface area contributed by atoms with Crippen molar-refractivity contribution in [3.05, 3.63) is 22.6 Å². The summed E-state index contributed by atoms with van der Waals surface area (Å²) in [5, 5.41) is 8.91. The third kappa shape index (κ3) is 3.18. The molecule has 0 spiro atoms. The van der Waals surface area contributed by atoms with Gasteiger partial charge < -0.3 is 14.4 Å². The van der Waals surface area contributed by atoms with Crippen molar-refractivity contribution < 1.29 is 19.1 Å². The van der Waals surface area contributed by atoms with Crippen molar-refractivity contribution >= 4 is 27.8 Å². The van der Waals surface area contributed by atoms with Crippen LogP contribution in [0.5, 0.6) is 0 Å². The molecule has 0 saturated carbocycles. The molecule has 1 N–H and O–H groups in total. The van der Waals surface area contributed by atoms with Crippen LogP contribution < -0.4 is 0 Å². The number of furan rings is 1. The van der Waals surface area contributed by atoms with Gasteiger partial charge in [0.25, 0.3) is 5.91 Å². The number of rotatable bonds is 3. The molecule has 2 heterocycles. The van der Waals surface area contributed by atoms with Crippen molar-refractivity contribution in [3.8, 4) is 0 Å². The Morgan fingerprint density at radius 3 is 2.89 bits per heavy atom. The van der Waals surface area contributed by atoms with Crippen molar-refractivity contribution in [2.45, 2.75) is 19.8 Å². The fraction of sp³-hybridized carbons (Fsp3) is 0.538. The summed E-state index contributed by atoms with van der Waals surface area (Å²) in [5.41, 5.74) is 0. The molecule has 6 heteroatoms. The van der Waals surface area contributed by atoms with E-state index in [1.807, 2.05) is 6.92 Å². The van der Waals surface area contributed by atoms with Crippen LogP contribution in [0.2, 0.25) is 0 Å². The molecule has 0 aliphatic carbocycles. The fourth-order valence-corrected chi connectivity index (χ4v) is 2.78. The van der Waals surface area contributed by atoms with Gasteiger partial charge in [-0.2, -0.15) is 0 Å². The zero-order valence-electron chi connectivity index (χ0n) is 10.6. The molecule has 2 unspecified atom stereocenters. The Hall–Kier alpha value is -1.30. The van der Waals surface area contributed by atoms with Crippen LogP contribution in [0.1, 0.15) is 30.3 Å². The Labute approximate surface area is 119 Å². The normalized spacial score (nSPS) is 23.4. The third-order valence-electron chi connectivity index (χ3n) is 3.65. The van der Waals surface area contributed by atoms with Gasteiger partial charge in [-0.15, -0.1) is 0 Å². The Kier molecular flexibility index (Phi) is 4.29. The Morgan fingerprint density at radius 2 is 2.32 bits per heavy atom. The third-order valence-corrected chi connectivity index (χ3v) is 4.27. The van der Waals surface area contributed by atoms with Crippen LogP contribution >= 0.6 is 15.9 Å². The summed E-state index contributed by atoms with van der Waals surface area (Å²) in [5.74, 6) is -0.391. The number of nitrogens with zero attached hydrogens (tertiary/aromatic N) is 1. The van der Waals surface area contributed by atoms with E-state index in [1.54, 1.807) is 11.0 Å². The highest BCUT2D eigenvalue weighted by atomic mass is 79.9. The molecule has 104 valence electrons. The number of amides is 1. The summed E-state index contributed by atoms with van der Waals surface area (Å²) in [6.07, 6.45) is 2.38. The van der Waals surface area contributed by atoms with Crippen molar-refractivity contribution in [2.75, 3.05) is 13.1 Å². The lowest BCUT2D eigenvalue weighted by molar-refractivity contribution is -0.139. The van der Waals surface area contributed by atoms with Crippen molar-refractivity contribution in [1.29, 1.82) is 0 Å². The minimum absolute atomic E-state index is 0.00365. The number of aliphatic carboxylic acids is 1. The van der Waals surface area contributed by atoms with Crippen LogP contribution in [0.15, 0.2) is 21.2 Å². The lowest BCUT2D eigenvalue weighted by Gasteiger charge is -2.36. The topological polar surface area (TPSA) is 70.8 Å². The first-order valence-electron chi connectivity index (χ1n) is 6.23.